The first-order valence-corrected chi connectivity index (χ1v) is 2.19. The predicted octanol–water partition coefficient (Wildman–Crippen LogP) is -2.65. The Morgan fingerprint density at radius 1 is 0.786 bits per heavy atom. The fraction of sp³-hybridized carbons (Fsp3) is 0. The zero-order chi connectivity index (χ0) is 10.3. The van der Waals surface area contributed by atoms with Crippen LogP contribution in [-0.2, 0) is 19.2 Å². The number of hydrogen-bond acceptors (Lipinski definition) is 5. The van der Waals surface area contributed by atoms with Gasteiger partial charge in [0.25, 0.3) is 0 Å². The first-order valence-electron chi connectivity index (χ1n) is 2.19. The summed E-state index contributed by atoms with van der Waals surface area (Å²) < 4.78 is 0. The van der Waals surface area contributed by atoms with Gasteiger partial charge in [-0.1, -0.05) is 0 Å². The van der Waals surface area contributed by atoms with E-state index in [9.17, 15) is 0 Å². The molecule has 0 aliphatic heterocycles. The summed E-state index contributed by atoms with van der Waals surface area (Å²) >= 11 is 0. The molecule has 14 heavy (non-hydrogen) atoms. The maximum Gasteiger partial charge on any atom is 0.414 e. The molecule has 0 aromatic rings. The third kappa shape index (κ3) is 22.5. The van der Waals surface area contributed by atoms with Crippen LogP contribution in [0.5, 0.6) is 0 Å². The maximum atomic E-state index is 9.10. The third-order valence-corrected chi connectivity index (χ3v) is 0.358. The summed E-state index contributed by atoms with van der Waals surface area (Å²) in [5.41, 5.74) is 0. The maximum absolute atomic E-state index is 9.10. The van der Waals surface area contributed by atoms with Crippen molar-refractivity contribution in [2.45, 2.75) is 0 Å². The molecule has 0 fully saturated rings. The Bertz CT molecular complexity index is 177. The summed E-state index contributed by atoms with van der Waals surface area (Å²) in [7, 11) is 0. The van der Waals surface area contributed by atoms with Crippen molar-refractivity contribution in [1.82, 2.24) is 6.15 Å². The second-order valence-corrected chi connectivity index (χ2v) is 1.20. The number of hydrogen-bond donors (Lipinski definition) is 4. The number of carbonyl (C=O) groups is 4. The zero-order valence-corrected chi connectivity index (χ0v) is 9.41. The van der Waals surface area contributed by atoms with Crippen LogP contribution in [0.3, 0.4) is 0 Å². The van der Waals surface area contributed by atoms with Crippen molar-refractivity contribution in [3.63, 3.8) is 0 Å². The first-order chi connectivity index (χ1) is 5.29. The Morgan fingerprint density at radius 2 is 0.929 bits per heavy atom. The Hall–Kier alpha value is -0.822. The molecule has 0 saturated heterocycles. The van der Waals surface area contributed by atoms with E-state index in [1.54, 1.807) is 0 Å². The van der Waals surface area contributed by atoms with Crippen molar-refractivity contribution in [3.8, 4) is 0 Å². The minimum atomic E-state index is -2.07. The SMILES string of the molecule is O=C(O)C(=O)O.O=C([O-])C(=O)O.[NH4+].[Sm]. The predicted molar refractivity (Wildman–Crippen MR) is 33.9 cm³/mol. The first kappa shape index (κ1) is 23.2. The molecule has 10 heteroatoms. The molecule has 0 bridgehead atoms. The van der Waals surface area contributed by atoms with Gasteiger partial charge < -0.3 is 31.4 Å². The molecule has 82 valence electrons. The second kappa shape index (κ2) is 12.2. The molecule has 0 rings (SSSR count). The van der Waals surface area contributed by atoms with E-state index in [2.05, 4.69) is 0 Å². The van der Waals surface area contributed by atoms with Crippen molar-refractivity contribution >= 4 is 23.9 Å². The molecule has 0 aromatic carbocycles. The van der Waals surface area contributed by atoms with Crippen molar-refractivity contribution in [2.24, 2.45) is 0 Å². The third-order valence-electron chi connectivity index (χ3n) is 0.358. The van der Waals surface area contributed by atoms with E-state index in [-0.39, 0.29) is 46.5 Å². The minimum Gasteiger partial charge on any atom is -0.539 e. The Balaban J connectivity index is -0.0000000625. The summed E-state index contributed by atoms with van der Waals surface area (Å²) in [4.78, 5) is 36.2. The van der Waals surface area contributed by atoms with Gasteiger partial charge in [-0.15, -0.1) is 0 Å². The van der Waals surface area contributed by atoms with Crippen LogP contribution in [0.15, 0.2) is 0 Å². The zero-order valence-electron chi connectivity index (χ0n) is 6.79. The molecule has 9 nitrogen and oxygen atoms in total. The van der Waals surface area contributed by atoms with Crippen molar-refractivity contribution in [2.75, 3.05) is 0 Å². The van der Waals surface area contributed by atoms with Crippen LogP contribution < -0.4 is 11.3 Å². The van der Waals surface area contributed by atoms with E-state index in [0.717, 1.165) is 0 Å². The Kier molecular flexibility index (Phi) is 20.2. The normalized spacial score (nSPS) is 6.29. The molecule has 0 aromatic heterocycles. The van der Waals surface area contributed by atoms with E-state index in [0.29, 0.717) is 0 Å². The summed E-state index contributed by atoms with van der Waals surface area (Å²) in [6.45, 7) is 0. The van der Waals surface area contributed by atoms with Gasteiger partial charge in [-0.3, -0.25) is 0 Å². The Morgan fingerprint density at radius 3 is 0.929 bits per heavy atom. The number of carbonyl (C=O) groups excluding carboxylic acids is 1. The van der Waals surface area contributed by atoms with Crippen molar-refractivity contribution in [3.05, 3.63) is 0 Å². The van der Waals surface area contributed by atoms with Crippen LogP contribution in [0.2, 0.25) is 0 Å². The van der Waals surface area contributed by atoms with Gasteiger partial charge in [-0.2, -0.15) is 0 Å². The molecule has 7 N–H and O–H groups in total. The van der Waals surface area contributed by atoms with E-state index in [1.165, 1.54) is 0 Å². The number of carboxylic acids is 4. The van der Waals surface area contributed by atoms with E-state index in [4.69, 9.17) is 39.6 Å². The van der Waals surface area contributed by atoms with Gasteiger partial charge in [0.2, 0.25) is 0 Å². The van der Waals surface area contributed by atoms with Gasteiger partial charge in [-0.05, 0) is 0 Å². The van der Waals surface area contributed by atoms with Crippen molar-refractivity contribution < 1.29 is 80.0 Å². The molecule has 0 heterocycles. The summed E-state index contributed by atoms with van der Waals surface area (Å²) in [6.07, 6.45) is 0. The molecule has 0 unspecified atom stereocenters. The monoisotopic (exact) mass is 349 g/mol. The van der Waals surface area contributed by atoms with Crippen LogP contribution in [0.4, 0.5) is 0 Å². The van der Waals surface area contributed by atoms with Crippen LogP contribution in [0.1, 0.15) is 0 Å². The molecule has 0 amide bonds. The van der Waals surface area contributed by atoms with Crippen LogP contribution >= 0.6 is 0 Å². The topological polar surface area (TPSA) is 189 Å². The van der Waals surface area contributed by atoms with E-state index in [1.807, 2.05) is 0 Å². The molecule has 0 aliphatic carbocycles. The molecule has 0 saturated carbocycles. The molecule has 0 aliphatic rings. The number of quaternary nitrogens is 1. The van der Waals surface area contributed by atoms with Gasteiger partial charge in [0.15, 0.2) is 5.97 Å². The summed E-state index contributed by atoms with van der Waals surface area (Å²) in [5.74, 6) is -7.66. The van der Waals surface area contributed by atoms with Gasteiger partial charge in [-0.25, -0.2) is 14.4 Å². The quantitative estimate of drug-likeness (QED) is 0.342. The average Bonchev–Trinajstić information content (AvgIpc) is 1.88. The van der Waals surface area contributed by atoms with Crippen molar-refractivity contribution in [1.29, 1.82) is 0 Å². The average molecular weight is 347 g/mol. The number of rotatable bonds is 0. The Labute approximate surface area is 109 Å². The van der Waals surface area contributed by atoms with Crippen LogP contribution in [0.25, 0.3) is 0 Å². The van der Waals surface area contributed by atoms with Crippen LogP contribution in [0, 0.1) is 40.4 Å². The van der Waals surface area contributed by atoms with Gasteiger partial charge in [0.1, 0.15) is 0 Å². The van der Waals surface area contributed by atoms with Gasteiger partial charge in [0.05, 0.1) is 0 Å². The van der Waals surface area contributed by atoms with E-state index < -0.39 is 23.9 Å². The molecule has 0 atom stereocenters. The number of aliphatic carboxylic acids is 4. The largest absolute Gasteiger partial charge is 0.539 e. The van der Waals surface area contributed by atoms with Crippen LogP contribution in [-0.4, -0.2) is 39.2 Å². The second-order valence-electron chi connectivity index (χ2n) is 1.20. The number of carboxylic acid groups (broad SMARTS) is 4. The molecule has 0 spiro atoms. The smallest absolute Gasteiger partial charge is 0.414 e. The fourth-order valence-electron chi connectivity index (χ4n) is 0. The summed E-state index contributed by atoms with van der Waals surface area (Å²) in [5, 5.41) is 31.1. The molecular formula is C4H7NO8Sm. The van der Waals surface area contributed by atoms with E-state index >= 15 is 0 Å². The van der Waals surface area contributed by atoms with Gasteiger partial charge in [0, 0.05) is 40.4 Å². The minimum absolute atomic E-state index is 0. The fourth-order valence-corrected chi connectivity index (χ4v) is 0. The molecule has 0 radical (unpaired) electrons. The standard InChI is InChI=1S/2C2H2O4.H3N.Sm/c2*3-1(4)2(5)6;;/h2*(H,3,4)(H,5,6);1H3;. The van der Waals surface area contributed by atoms with Gasteiger partial charge >= 0.3 is 17.9 Å². The summed E-state index contributed by atoms with van der Waals surface area (Å²) in [6, 6.07) is 0. The molecular weight excluding hydrogens is 340 g/mol.